The summed E-state index contributed by atoms with van der Waals surface area (Å²) in [4.78, 5) is 37.2. The molecule has 1 aromatic carbocycles. The molecule has 0 radical (unpaired) electrons. The molecule has 5 nitrogen and oxygen atoms in total. The average Bonchev–Trinajstić information content (AvgIpc) is 2.92. The van der Waals surface area contributed by atoms with Crippen molar-refractivity contribution in [3.05, 3.63) is 29.3 Å². The Kier molecular flexibility index (Phi) is 3.72. The van der Waals surface area contributed by atoms with Gasteiger partial charge in [-0.3, -0.25) is 14.4 Å². The summed E-state index contributed by atoms with van der Waals surface area (Å²) in [6.07, 6.45) is 6.63. The van der Waals surface area contributed by atoms with E-state index in [1.807, 2.05) is 6.92 Å². The van der Waals surface area contributed by atoms with Gasteiger partial charge >= 0.3 is 5.97 Å². The van der Waals surface area contributed by atoms with Gasteiger partial charge in [-0.05, 0) is 87.0 Å². The van der Waals surface area contributed by atoms with Crippen molar-refractivity contribution >= 4 is 23.3 Å². The Morgan fingerprint density at radius 2 is 1.74 bits per heavy atom. The number of hydrogen-bond acceptors (Lipinski definition) is 4. The maximum Gasteiger partial charge on any atom is 0.312 e. The van der Waals surface area contributed by atoms with Crippen molar-refractivity contribution in [2.45, 2.75) is 51.4 Å². The largest absolute Gasteiger partial charge is 0.457 e. The van der Waals surface area contributed by atoms with Crippen LogP contribution in [-0.2, 0) is 14.3 Å². The first kappa shape index (κ1) is 17.0. The minimum Gasteiger partial charge on any atom is -0.457 e. The van der Waals surface area contributed by atoms with Crippen molar-refractivity contribution in [2.24, 2.45) is 23.2 Å². The number of amides is 1. The highest BCUT2D eigenvalue weighted by atomic mass is 16.5. The number of esters is 1. The Labute approximate surface area is 158 Å². The summed E-state index contributed by atoms with van der Waals surface area (Å²) in [6.45, 7) is 1.61. The van der Waals surface area contributed by atoms with E-state index in [0.29, 0.717) is 23.3 Å². The number of ether oxygens (including phenoxy) is 1. The summed E-state index contributed by atoms with van der Waals surface area (Å²) < 4.78 is 5.54. The van der Waals surface area contributed by atoms with Gasteiger partial charge in [-0.25, -0.2) is 0 Å². The van der Waals surface area contributed by atoms with Crippen molar-refractivity contribution in [3.8, 4) is 0 Å². The maximum atomic E-state index is 12.9. The zero-order valence-corrected chi connectivity index (χ0v) is 15.6. The minimum absolute atomic E-state index is 0.0529. The second kappa shape index (κ2) is 5.91. The Balaban J connectivity index is 1.26. The summed E-state index contributed by atoms with van der Waals surface area (Å²) in [5, 5.41) is 2.80. The van der Waals surface area contributed by atoms with Crippen LogP contribution in [0.25, 0.3) is 0 Å². The highest BCUT2D eigenvalue weighted by Gasteiger charge is 2.55. The Morgan fingerprint density at radius 1 is 1.11 bits per heavy atom. The lowest BCUT2D eigenvalue weighted by Gasteiger charge is -2.55. The zero-order valence-electron chi connectivity index (χ0n) is 15.6. The van der Waals surface area contributed by atoms with Crippen LogP contribution in [0.15, 0.2) is 18.2 Å². The smallest absolute Gasteiger partial charge is 0.312 e. The predicted octanol–water partition coefficient (Wildman–Crippen LogP) is 3.68. The van der Waals surface area contributed by atoms with Crippen LogP contribution in [0.5, 0.6) is 0 Å². The highest BCUT2D eigenvalue weighted by Crippen LogP contribution is 2.60. The highest BCUT2D eigenvalue weighted by molar-refractivity contribution is 6.05. The summed E-state index contributed by atoms with van der Waals surface area (Å²) in [6, 6.07) is 5.20. The van der Waals surface area contributed by atoms with Crippen LogP contribution in [0.3, 0.4) is 0 Å². The van der Waals surface area contributed by atoms with E-state index in [0.717, 1.165) is 30.5 Å². The number of anilines is 1. The normalized spacial score (nSPS) is 35.7. The molecule has 1 aliphatic heterocycles. The SMILES string of the molecule is C[C@@H]1C(=O)Nc2ccc(C(=O)COC(=O)C34CC5CC(CC(C5)C3)C4)cc21. The first-order chi connectivity index (χ1) is 12.9. The van der Waals surface area contributed by atoms with E-state index in [1.54, 1.807) is 18.2 Å². The molecule has 1 N–H and O–H groups in total. The molecular weight excluding hydrogens is 342 g/mol. The monoisotopic (exact) mass is 367 g/mol. The average molecular weight is 367 g/mol. The number of Topliss-reactive ketones (excluding diaryl/α,β-unsaturated/α-hetero) is 1. The van der Waals surface area contributed by atoms with E-state index < -0.39 is 0 Å². The van der Waals surface area contributed by atoms with Crippen LogP contribution in [0, 0.1) is 23.2 Å². The number of hydrogen-bond donors (Lipinski definition) is 1. The molecule has 142 valence electrons. The van der Waals surface area contributed by atoms with Crippen LogP contribution in [0.4, 0.5) is 5.69 Å². The van der Waals surface area contributed by atoms with Gasteiger partial charge in [0.25, 0.3) is 0 Å². The first-order valence-electron chi connectivity index (χ1n) is 10.1. The Bertz CT molecular complexity index is 807. The summed E-state index contributed by atoms with van der Waals surface area (Å²) in [7, 11) is 0. The van der Waals surface area contributed by atoms with Gasteiger partial charge < -0.3 is 10.1 Å². The van der Waals surface area contributed by atoms with E-state index in [4.69, 9.17) is 4.74 Å². The lowest BCUT2D eigenvalue weighted by Crippen LogP contribution is -2.50. The fourth-order valence-electron chi connectivity index (χ4n) is 6.32. The molecule has 0 unspecified atom stereocenters. The summed E-state index contributed by atoms with van der Waals surface area (Å²) in [5.74, 6) is 1.32. The van der Waals surface area contributed by atoms with Gasteiger partial charge in [-0.2, -0.15) is 0 Å². The molecular formula is C22H25NO4. The number of nitrogens with one attached hydrogen (secondary N) is 1. The van der Waals surface area contributed by atoms with Gasteiger partial charge in [0.1, 0.15) is 0 Å². The third-order valence-corrected chi connectivity index (χ3v) is 7.30. The van der Waals surface area contributed by atoms with Gasteiger partial charge in [-0.15, -0.1) is 0 Å². The molecule has 4 saturated carbocycles. The first-order valence-corrected chi connectivity index (χ1v) is 10.1. The molecule has 27 heavy (non-hydrogen) atoms. The standard InChI is InChI=1S/C22H25NO4/c1-12-17-7-16(2-3-18(17)23-20(12)25)19(24)11-27-21(26)22-8-13-4-14(9-22)6-15(5-13)10-22/h2-3,7,12-15H,4-6,8-11H2,1H3,(H,23,25)/t12-,13?,14?,15?,22?/m0/s1. The van der Waals surface area contributed by atoms with Crippen molar-refractivity contribution in [1.29, 1.82) is 0 Å². The molecule has 4 fully saturated rings. The zero-order chi connectivity index (χ0) is 18.8. The van der Waals surface area contributed by atoms with Gasteiger partial charge in [0, 0.05) is 11.3 Å². The fraction of sp³-hybridized carbons (Fsp3) is 0.591. The molecule has 5 heteroatoms. The van der Waals surface area contributed by atoms with E-state index >= 15 is 0 Å². The van der Waals surface area contributed by atoms with Crippen molar-refractivity contribution in [1.82, 2.24) is 0 Å². The van der Waals surface area contributed by atoms with Crippen LogP contribution < -0.4 is 5.32 Å². The molecule has 1 atom stereocenters. The second-order valence-corrected chi connectivity index (χ2v) is 9.21. The van der Waals surface area contributed by atoms with E-state index in [9.17, 15) is 14.4 Å². The second-order valence-electron chi connectivity index (χ2n) is 9.21. The predicted molar refractivity (Wildman–Crippen MR) is 99.4 cm³/mol. The molecule has 4 aliphatic carbocycles. The molecule has 5 aliphatic rings. The third-order valence-electron chi connectivity index (χ3n) is 7.30. The van der Waals surface area contributed by atoms with Gasteiger partial charge in [0.2, 0.25) is 5.91 Å². The van der Waals surface area contributed by atoms with Crippen molar-refractivity contribution < 1.29 is 19.1 Å². The Morgan fingerprint density at radius 3 is 2.37 bits per heavy atom. The topological polar surface area (TPSA) is 72.5 Å². The van der Waals surface area contributed by atoms with Crippen LogP contribution in [-0.4, -0.2) is 24.3 Å². The van der Waals surface area contributed by atoms with Gasteiger partial charge in [0.05, 0.1) is 11.3 Å². The van der Waals surface area contributed by atoms with Crippen LogP contribution in [0.2, 0.25) is 0 Å². The molecule has 6 rings (SSSR count). The van der Waals surface area contributed by atoms with E-state index in [2.05, 4.69) is 5.32 Å². The van der Waals surface area contributed by atoms with Gasteiger partial charge in [0.15, 0.2) is 12.4 Å². The molecule has 1 aromatic rings. The third kappa shape index (κ3) is 2.70. The molecule has 4 bridgehead atoms. The minimum atomic E-state index is -0.335. The van der Waals surface area contributed by atoms with Crippen LogP contribution in [0.1, 0.15) is 67.3 Å². The maximum absolute atomic E-state index is 12.9. The summed E-state index contributed by atoms with van der Waals surface area (Å²) >= 11 is 0. The van der Waals surface area contributed by atoms with Crippen molar-refractivity contribution in [3.63, 3.8) is 0 Å². The lowest BCUT2D eigenvalue weighted by atomic mass is 9.49. The molecule has 0 aromatic heterocycles. The van der Waals surface area contributed by atoms with E-state index in [1.165, 1.54) is 19.3 Å². The molecule has 1 amide bonds. The van der Waals surface area contributed by atoms with Gasteiger partial charge in [-0.1, -0.05) is 0 Å². The van der Waals surface area contributed by atoms with Crippen LogP contribution >= 0.6 is 0 Å². The molecule has 1 heterocycles. The number of ketones is 1. The van der Waals surface area contributed by atoms with Crippen molar-refractivity contribution in [2.75, 3.05) is 11.9 Å². The van der Waals surface area contributed by atoms with E-state index in [-0.39, 0.29) is 35.6 Å². The molecule has 0 saturated heterocycles. The Hall–Kier alpha value is -2.17. The fourth-order valence-corrected chi connectivity index (χ4v) is 6.32. The summed E-state index contributed by atoms with van der Waals surface area (Å²) in [5.41, 5.74) is 1.75. The quantitative estimate of drug-likeness (QED) is 0.651. The number of fused-ring (bicyclic) bond motifs is 1. The number of benzene rings is 1. The number of rotatable bonds is 4. The number of carbonyl (C=O) groups is 3. The number of carbonyl (C=O) groups excluding carboxylic acids is 3. The lowest BCUT2D eigenvalue weighted by molar-refractivity contribution is -0.170. The molecule has 0 spiro atoms.